The Kier molecular flexibility index (Phi) is 3.81. The van der Waals surface area contributed by atoms with E-state index in [0.717, 1.165) is 0 Å². The Balaban J connectivity index is 2.91. The van der Waals surface area contributed by atoms with Crippen LogP contribution in [-0.2, 0) is 0 Å². The highest BCUT2D eigenvalue weighted by Gasteiger charge is 2.20. The van der Waals surface area contributed by atoms with Crippen molar-refractivity contribution in [2.45, 2.75) is 23.5 Å². The third-order valence-corrected chi connectivity index (χ3v) is 3.11. The van der Waals surface area contributed by atoms with Gasteiger partial charge >= 0.3 is 0 Å². The van der Waals surface area contributed by atoms with Crippen LogP contribution in [-0.4, -0.2) is 16.5 Å². The van der Waals surface area contributed by atoms with Gasteiger partial charge in [0.25, 0.3) is 0 Å². The molecule has 0 atom stereocenters. The van der Waals surface area contributed by atoms with Gasteiger partial charge in [0.1, 0.15) is 5.82 Å². The fourth-order valence-corrected chi connectivity index (χ4v) is 2.13. The number of benzene rings is 1. The van der Waals surface area contributed by atoms with Crippen LogP contribution in [0.15, 0.2) is 23.1 Å². The average Bonchev–Trinajstić information content (AvgIpc) is 2.11. The molecule has 1 aromatic carbocycles. The number of hydrogen-bond donors (Lipinski definition) is 1. The normalized spacial score (nSPS) is 11.8. The summed E-state index contributed by atoms with van der Waals surface area (Å²) in [6.45, 7) is 3.68. The van der Waals surface area contributed by atoms with Crippen LogP contribution in [0.25, 0.3) is 0 Å². The summed E-state index contributed by atoms with van der Waals surface area (Å²) in [5, 5.41) is 9.54. The highest BCUT2D eigenvalue weighted by atomic mass is 35.5. The van der Waals surface area contributed by atoms with Crippen molar-refractivity contribution < 1.29 is 9.50 Å². The lowest BCUT2D eigenvalue weighted by atomic mass is 10.2. The second-order valence-corrected chi connectivity index (χ2v) is 5.78. The smallest absolute Gasteiger partial charge is 0.136 e. The Bertz CT molecular complexity index is 328. The third kappa shape index (κ3) is 3.15. The minimum absolute atomic E-state index is 0.0103. The third-order valence-electron chi connectivity index (χ3n) is 1.66. The Labute approximate surface area is 92.3 Å². The summed E-state index contributed by atoms with van der Waals surface area (Å²) in [5.74, 6) is -0.305. The van der Waals surface area contributed by atoms with Crippen molar-refractivity contribution in [2.75, 3.05) is 6.61 Å². The standard InChI is InChI=1S/C10H12ClFOS/c1-10(2,6-13)14-9-5-7(11)3-4-8(9)12/h3-5,13H,6H2,1-2H3. The monoisotopic (exact) mass is 234 g/mol. The van der Waals surface area contributed by atoms with Gasteiger partial charge in [-0.3, -0.25) is 0 Å². The van der Waals surface area contributed by atoms with Crippen molar-refractivity contribution in [2.24, 2.45) is 0 Å². The van der Waals surface area contributed by atoms with Gasteiger partial charge in [-0.2, -0.15) is 0 Å². The zero-order valence-corrected chi connectivity index (χ0v) is 9.62. The van der Waals surface area contributed by atoms with Crippen molar-refractivity contribution in [3.63, 3.8) is 0 Å². The second-order valence-electron chi connectivity index (χ2n) is 3.59. The van der Waals surface area contributed by atoms with Crippen LogP contribution in [0.1, 0.15) is 13.8 Å². The molecule has 0 aliphatic heterocycles. The van der Waals surface area contributed by atoms with E-state index >= 15 is 0 Å². The Morgan fingerprint density at radius 2 is 2.14 bits per heavy atom. The quantitative estimate of drug-likeness (QED) is 0.810. The molecule has 4 heteroatoms. The predicted molar refractivity (Wildman–Crippen MR) is 58.4 cm³/mol. The van der Waals surface area contributed by atoms with Crippen molar-refractivity contribution >= 4 is 23.4 Å². The fourth-order valence-electron chi connectivity index (χ4n) is 0.885. The molecular formula is C10H12ClFOS. The molecular weight excluding hydrogens is 223 g/mol. The van der Waals surface area contributed by atoms with E-state index in [2.05, 4.69) is 0 Å². The van der Waals surface area contributed by atoms with Gasteiger partial charge in [0.2, 0.25) is 0 Å². The molecule has 1 aromatic rings. The largest absolute Gasteiger partial charge is 0.395 e. The van der Waals surface area contributed by atoms with Crippen LogP contribution in [0.4, 0.5) is 4.39 Å². The van der Waals surface area contributed by atoms with Crippen LogP contribution in [0, 0.1) is 5.82 Å². The van der Waals surface area contributed by atoms with E-state index in [1.165, 1.54) is 23.9 Å². The molecule has 0 aliphatic carbocycles. The summed E-state index contributed by atoms with van der Waals surface area (Å²) >= 11 is 7.02. The first kappa shape index (κ1) is 11.8. The molecule has 1 rings (SSSR count). The van der Waals surface area contributed by atoms with Crippen LogP contribution >= 0.6 is 23.4 Å². The van der Waals surface area contributed by atoms with E-state index in [-0.39, 0.29) is 12.4 Å². The molecule has 0 saturated heterocycles. The molecule has 78 valence electrons. The van der Waals surface area contributed by atoms with Crippen LogP contribution in [0.2, 0.25) is 5.02 Å². The first-order valence-corrected chi connectivity index (χ1v) is 5.39. The molecule has 0 unspecified atom stereocenters. The van der Waals surface area contributed by atoms with E-state index < -0.39 is 4.75 Å². The first-order chi connectivity index (χ1) is 6.44. The predicted octanol–water partition coefficient (Wildman–Crippen LogP) is 3.34. The molecule has 0 aliphatic rings. The van der Waals surface area contributed by atoms with Gasteiger partial charge in [-0.25, -0.2) is 4.39 Å². The molecule has 0 fully saturated rings. The first-order valence-electron chi connectivity index (χ1n) is 4.19. The average molecular weight is 235 g/mol. The van der Waals surface area contributed by atoms with Gasteiger partial charge in [-0.15, -0.1) is 11.8 Å². The number of halogens is 2. The molecule has 0 amide bonds. The zero-order chi connectivity index (χ0) is 10.8. The highest BCUT2D eigenvalue weighted by molar-refractivity contribution is 8.00. The minimum atomic E-state index is -0.397. The number of rotatable bonds is 3. The van der Waals surface area contributed by atoms with Crippen LogP contribution in [0.3, 0.4) is 0 Å². The summed E-state index contributed by atoms with van der Waals surface area (Å²) in [6.07, 6.45) is 0. The number of hydrogen-bond acceptors (Lipinski definition) is 2. The van der Waals surface area contributed by atoms with Crippen molar-refractivity contribution in [3.05, 3.63) is 29.0 Å². The number of aliphatic hydroxyl groups is 1. The maximum absolute atomic E-state index is 13.3. The van der Waals surface area contributed by atoms with E-state index in [9.17, 15) is 4.39 Å². The van der Waals surface area contributed by atoms with Crippen molar-refractivity contribution in [1.29, 1.82) is 0 Å². The molecule has 1 nitrogen and oxygen atoms in total. The lowest BCUT2D eigenvalue weighted by Gasteiger charge is -2.21. The van der Waals surface area contributed by atoms with E-state index in [1.54, 1.807) is 6.07 Å². The second kappa shape index (κ2) is 4.51. The molecule has 0 bridgehead atoms. The van der Waals surface area contributed by atoms with Gasteiger partial charge in [0.15, 0.2) is 0 Å². The lowest BCUT2D eigenvalue weighted by Crippen LogP contribution is -2.19. The van der Waals surface area contributed by atoms with Crippen molar-refractivity contribution in [1.82, 2.24) is 0 Å². The van der Waals surface area contributed by atoms with Gasteiger partial charge in [0.05, 0.1) is 6.61 Å². The molecule has 0 saturated carbocycles. The Morgan fingerprint density at radius 1 is 1.50 bits per heavy atom. The van der Waals surface area contributed by atoms with E-state index in [4.69, 9.17) is 16.7 Å². The van der Waals surface area contributed by atoms with E-state index in [0.29, 0.717) is 9.92 Å². The highest BCUT2D eigenvalue weighted by Crippen LogP contribution is 2.34. The molecule has 0 radical (unpaired) electrons. The SMILES string of the molecule is CC(C)(CO)Sc1cc(Cl)ccc1F. The summed E-state index contributed by atoms with van der Waals surface area (Å²) in [6, 6.07) is 4.41. The van der Waals surface area contributed by atoms with Gasteiger partial charge < -0.3 is 5.11 Å². The summed E-state index contributed by atoms with van der Waals surface area (Å²) in [7, 11) is 0. The summed E-state index contributed by atoms with van der Waals surface area (Å²) in [4.78, 5) is 0.469. The molecule has 0 heterocycles. The summed E-state index contributed by atoms with van der Waals surface area (Å²) in [5.41, 5.74) is 0. The van der Waals surface area contributed by atoms with Gasteiger partial charge in [-0.1, -0.05) is 11.6 Å². The number of thioether (sulfide) groups is 1. The topological polar surface area (TPSA) is 20.2 Å². The maximum atomic E-state index is 13.3. The molecule has 0 aromatic heterocycles. The molecule has 1 N–H and O–H groups in total. The van der Waals surface area contributed by atoms with Crippen LogP contribution in [0.5, 0.6) is 0 Å². The molecule has 14 heavy (non-hydrogen) atoms. The van der Waals surface area contributed by atoms with Crippen LogP contribution < -0.4 is 0 Å². The van der Waals surface area contributed by atoms with Crippen molar-refractivity contribution in [3.8, 4) is 0 Å². The van der Waals surface area contributed by atoms with Gasteiger partial charge in [0, 0.05) is 14.7 Å². The summed E-state index contributed by atoms with van der Waals surface area (Å²) < 4.78 is 12.9. The van der Waals surface area contributed by atoms with Gasteiger partial charge in [-0.05, 0) is 32.0 Å². The fraction of sp³-hybridized carbons (Fsp3) is 0.400. The Hall–Kier alpha value is -0.250. The lowest BCUT2D eigenvalue weighted by molar-refractivity contribution is 0.265. The van der Waals surface area contributed by atoms with E-state index in [1.807, 2.05) is 13.8 Å². The molecule has 0 spiro atoms. The minimum Gasteiger partial charge on any atom is -0.395 e. The zero-order valence-electron chi connectivity index (χ0n) is 8.05. The Morgan fingerprint density at radius 3 is 2.71 bits per heavy atom. The number of aliphatic hydroxyl groups excluding tert-OH is 1. The maximum Gasteiger partial charge on any atom is 0.136 e.